The minimum absolute atomic E-state index is 0.222. The van der Waals surface area contributed by atoms with Gasteiger partial charge in [0.1, 0.15) is 4.90 Å². The van der Waals surface area contributed by atoms with Gasteiger partial charge in [-0.3, -0.25) is 9.78 Å². The van der Waals surface area contributed by atoms with Gasteiger partial charge in [0.25, 0.3) is 0 Å². The molecular formula is C12H19N5O2S. The number of hydrogen-bond donors (Lipinski definition) is 2. The lowest BCUT2D eigenvalue weighted by atomic mass is 10.2. The maximum atomic E-state index is 12.3. The van der Waals surface area contributed by atoms with E-state index in [1.807, 2.05) is 20.2 Å². The van der Waals surface area contributed by atoms with Gasteiger partial charge >= 0.3 is 0 Å². The molecule has 2 rings (SSSR count). The zero-order valence-electron chi connectivity index (χ0n) is 12.1. The fourth-order valence-electron chi connectivity index (χ4n) is 2.21. The monoisotopic (exact) mass is 297 g/mol. The van der Waals surface area contributed by atoms with E-state index in [2.05, 4.69) is 20.0 Å². The Labute approximate surface area is 118 Å². The SMILES string of the molecule is CCc1nn(C)cc1CNS(=O)(=O)c1c(C)n[nH]c1C. The summed E-state index contributed by atoms with van der Waals surface area (Å²) in [4.78, 5) is 0.222. The topological polar surface area (TPSA) is 92.7 Å². The van der Waals surface area contributed by atoms with Gasteiger partial charge in [-0.15, -0.1) is 0 Å². The third-order valence-electron chi connectivity index (χ3n) is 3.11. The Morgan fingerprint density at radius 1 is 1.40 bits per heavy atom. The summed E-state index contributed by atoms with van der Waals surface area (Å²) >= 11 is 0. The van der Waals surface area contributed by atoms with Gasteiger partial charge in [0.15, 0.2) is 0 Å². The normalized spacial score (nSPS) is 12.0. The predicted molar refractivity (Wildman–Crippen MR) is 74.7 cm³/mol. The van der Waals surface area contributed by atoms with E-state index < -0.39 is 10.0 Å². The van der Waals surface area contributed by atoms with E-state index >= 15 is 0 Å². The summed E-state index contributed by atoms with van der Waals surface area (Å²) in [5.41, 5.74) is 2.79. The van der Waals surface area contributed by atoms with Crippen LogP contribution < -0.4 is 4.72 Å². The number of nitrogens with zero attached hydrogens (tertiary/aromatic N) is 3. The molecule has 0 aliphatic rings. The van der Waals surface area contributed by atoms with Gasteiger partial charge in [0.2, 0.25) is 10.0 Å². The van der Waals surface area contributed by atoms with E-state index in [0.717, 1.165) is 17.7 Å². The van der Waals surface area contributed by atoms with Crippen LogP contribution in [0.15, 0.2) is 11.1 Å². The Bertz CT molecular complexity index is 695. The van der Waals surface area contributed by atoms with Crippen molar-refractivity contribution in [3.8, 4) is 0 Å². The standard InChI is InChI=1S/C12H19N5O2S/c1-5-11-10(7-17(4)16-11)6-13-20(18,19)12-8(2)14-15-9(12)3/h7,13H,5-6H2,1-4H3,(H,14,15). The van der Waals surface area contributed by atoms with Crippen LogP contribution in [0.25, 0.3) is 0 Å². The molecule has 0 spiro atoms. The van der Waals surface area contributed by atoms with Crippen molar-refractivity contribution in [1.82, 2.24) is 24.7 Å². The first-order chi connectivity index (χ1) is 9.35. The summed E-state index contributed by atoms with van der Waals surface area (Å²) in [6.07, 6.45) is 2.60. The van der Waals surface area contributed by atoms with Crippen LogP contribution in [-0.2, 0) is 30.0 Å². The quantitative estimate of drug-likeness (QED) is 0.854. The highest BCUT2D eigenvalue weighted by atomic mass is 32.2. The fraction of sp³-hybridized carbons (Fsp3) is 0.500. The van der Waals surface area contributed by atoms with Crippen molar-refractivity contribution in [2.24, 2.45) is 7.05 Å². The Balaban J connectivity index is 2.22. The molecule has 0 bridgehead atoms. The molecule has 0 saturated heterocycles. The van der Waals surface area contributed by atoms with E-state index in [0.29, 0.717) is 11.4 Å². The third kappa shape index (κ3) is 2.75. The van der Waals surface area contributed by atoms with Crippen LogP contribution in [0.5, 0.6) is 0 Å². The molecule has 8 heteroatoms. The number of aromatic amines is 1. The lowest BCUT2D eigenvalue weighted by Gasteiger charge is -2.06. The Morgan fingerprint density at radius 3 is 2.65 bits per heavy atom. The number of aromatic nitrogens is 4. The zero-order chi connectivity index (χ0) is 14.9. The van der Waals surface area contributed by atoms with Crippen molar-refractivity contribution in [3.05, 3.63) is 28.8 Å². The molecular weight excluding hydrogens is 278 g/mol. The number of H-pyrrole nitrogens is 1. The van der Waals surface area contributed by atoms with Gasteiger partial charge in [-0.25, -0.2) is 13.1 Å². The number of hydrogen-bond acceptors (Lipinski definition) is 4. The van der Waals surface area contributed by atoms with Crippen LogP contribution >= 0.6 is 0 Å². The van der Waals surface area contributed by atoms with Crippen LogP contribution in [0.4, 0.5) is 0 Å². The minimum atomic E-state index is -3.57. The lowest BCUT2D eigenvalue weighted by molar-refractivity contribution is 0.580. The Morgan fingerprint density at radius 2 is 2.10 bits per heavy atom. The van der Waals surface area contributed by atoms with Crippen LogP contribution in [0.2, 0.25) is 0 Å². The molecule has 0 unspecified atom stereocenters. The highest BCUT2D eigenvalue weighted by Crippen LogP contribution is 2.17. The molecule has 20 heavy (non-hydrogen) atoms. The van der Waals surface area contributed by atoms with Crippen molar-refractivity contribution in [1.29, 1.82) is 0 Å². The maximum Gasteiger partial charge on any atom is 0.244 e. The van der Waals surface area contributed by atoms with E-state index in [1.54, 1.807) is 18.5 Å². The Kier molecular flexibility index (Phi) is 3.96. The van der Waals surface area contributed by atoms with E-state index in [4.69, 9.17) is 0 Å². The molecule has 2 aromatic heterocycles. The second-order valence-electron chi connectivity index (χ2n) is 4.72. The van der Waals surface area contributed by atoms with Gasteiger partial charge in [-0.2, -0.15) is 10.2 Å². The van der Waals surface area contributed by atoms with Crippen LogP contribution in [-0.4, -0.2) is 28.4 Å². The van der Waals surface area contributed by atoms with E-state index in [9.17, 15) is 8.42 Å². The van der Waals surface area contributed by atoms with Gasteiger partial charge in [0.05, 0.1) is 17.1 Å². The largest absolute Gasteiger partial charge is 0.281 e. The minimum Gasteiger partial charge on any atom is -0.281 e. The molecule has 0 radical (unpaired) electrons. The molecule has 2 aromatic rings. The van der Waals surface area contributed by atoms with Gasteiger partial charge < -0.3 is 0 Å². The second kappa shape index (κ2) is 5.37. The summed E-state index contributed by atoms with van der Waals surface area (Å²) in [5.74, 6) is 0. The van der Waals surface area contributed by atoms with Gasteiger partial charge in [-0.1, -0.05) is 6.92 Å². The molecule has 0 aliphatic heterocycles. The molecule has 0 saturated carbocycles. The van der Waals surface area contributed by atoms with E-state index in [1.165, 1.54) is 0 Å². The summed E-state index contributed by atoms with van der Waals surface area (Å²) in [6.45, 7) is 5.57. The number of aryl methyl sites for hydroxylation is 4. The number of rotatable bonds is 5. The molecule has 0 fully saturated rings. The van der Waals surface area contributed by atoms with Crippen molar-refractivity contribution in [2.45, 2.75) is 38.6 Å². The van der Waals surface area contributed by atoms with Crippen molar-refractivity contribution in [3.63, 3.8) is 0 Å². The highest BCUT2D eigenvalue weighted by Gasteiger charge is 2.22. The first kappa shape index (κ1) is 14.7. The lowest BCUT2D eigenvalue weighted by Crippen LogP contribution is -2.24. The molecule has 0 amide bonds. The average Bonchev–Trinajstić information content (AvgIpc) is 2.90. The average molecular weight is 297 g/mol. The molecule has 110 valence electrons. The molecule has 2 N–H and O–H groups in total. The van der Waals surface area contributed by atoms with Crippen LogP contribution in [0, 0.1) is 13.8 Å². The van der Waals surface area contributed by atoms with Crippen molar-refractivity contribution in [2.75, 3.05) is 0 Å². The van der Waals surface area contributed by atoms with E-state index in [-0.39, 0.29) is 11.4 Å². The maximum absolute atomic E-state index is 12.3. The van der Waals surface area contributed by atoms with Crippen molar-refractivity contribution >= 4 is 10.0 Å². The van der Waals surface area contributed by atoms with Crippen LogP contribution in [0.3, 0.4) is 0 Å². The first-order valence-corrected chi connectivity index (χ1v) is 7.86. The number of sulfonamides is 1. The van der Waals surface area contributed by atoms with Crippen LogP contribution in [0.1, 0.15) is 29.6 Å². The molecule has 0 atom stereocenters. The molecule has 7 nitrogen and oxygen atoms in total. The summed E-state index contributed by atoms with van der Waals surface area (Å²) in [7, 11) is -1.75. The summed E-state index contributed by atoms with van der Waals surface area (Å²) < 4.78 is 28.9. The first-order valence-electron chi connectivity index (χ1n) is 6.37. The fourth-order valence-corrected chi connectivity index (χ4v) is 3.58. The third-order valence-corrected chi connectivity index (χ3v) is 4.77. The molecule has 2 heterocycles. The zero-order valence-corrected chi connectivity index (χ0v) is 12.9. The predicted octanol–water partition coefficient (Wildman–Crippen LogP) is 0.801. The summed E-state index contributed by atoms with van der Waals surface area (Å²) in [6, 6.07) is 0. The highest BCUT2D eigenvalue weighted by molar-refractivity contribution is 7.89. The smallest absolute Gasteiger partial charge is 0.244 e. The number of nitrogens with one attached hydrogen (secondary N) is 2. The summed E-state index contributed by atoms with van der Waals surface area (Å²) in [5, 5.41) is 10.9. The van der Waals surface area contributed by atoms with Gasteiger partial charge in [0, 0.05) is 25.4 Å². The van der Waals surface area contributed by atoms with Gasteiger partial charge in [-0.05, 0) is 20.3 Å². The molecule has 0 aromatic carbocycles. The van der Waals surface area contributed by atoms with Crippen molar-refractivity contribution < 1.29 is 8.42 Å². The molecule has 0 aliphatic carbocycles. The Hall–Kier alpha value is -1.67. The second-order valence-corrected chi connectivity index (χ2v) is 6.42.